The first kappa shape index (κ1) is 12.3. The number of rotatable bonds is 2. The normalized spacial score (nSPS) is 26.3. The van der Waals surface area contributed by atoms with Crippen LogP contribution in [0.2, 0.25) is 5.02 Å². The Bertz CT molecular complexity index is 360. The summed E-state index contributed by atoms with van der Waals surface area (Å²) in [4.78, 5) is 0. The Morgan fingerprint density at radius 2 is 2.19 bits per heavy atom. The van der Waals surface area contributed by atoms with E-state index < -0.39 is 0 Å². The van der Waals surface area contributed by atoms with Gasteiger partial charge in [-0.15, -0.1) is 11.6 Å². The van der Waals surface area contributed by atoms with E-state index in [0.29, 0.717) is 17.3 Å². The van der Waals surface area contributed by atoms with E-state index in [1.165, 1.54) is 18.5 Å². The van der Waals surface area contributed by atoms with Crippen molar-refractivity contribution < 1.29 is 0 Å². The fraction of sp³-hybridized carbons (Fsp3) is 0.750. The first-order valence-corrected chi connectivity index (χ1v) is 6.78. The molecule has 2 atom stereocenters. The molecule has 90 valence electrons. The zero-order chi connectivity index (χ0) is 11.7. The lowest BCUT2D eigenvalue weighted by Gasteiger charge is -2.27. The van der Waals surface area contributed by atoms with Gasteiger partial charge in [-0.3, -0.25) is 4.68 Å². The average molecular weight is 261 g/mol. The molecule has 1 fully saturated rings. The molecular formula is C12H18Cl2N2. The average Bonchev–Trinajstić information content (AvgIpc) is 2.60. The topological polar surface area (TPSA) is 17.8 Å². The molecule has 0 N–H and O–H groups in total. The maximum Gasteiger partial charge on any atom is 0.0820 e. The number of hydrogen-bond donors (Lipinski definition) is 0. The van der Waals surface area contributed by atoms with Crippen molar-refractivity contribution in [3.05, 3.63) is 16.9 Å². The monoisotopic (exact) mass is 260 g/mol. The summed E-state index contributed by atoms with van der Waals surface area (Å²) in [6, 6.07) is 0.359. The molecule has 1 aromatic heterocycles. The Hall–Kier alpha value is -0.210. The van der Waals surface area contributed by atoms with Crippen LogP contribution in [0.4, 0.5) is 0 Å². The summed E-state index contributed by atoms with van der Waals surface area (Å²) < 4.78 is 2.04. The van der Waals surface area contributed by atoms with Crippen LogP contribution in [0, 0.1) is 0 Å². The highest BCUT2D eigenvalue weighted by molar-refractivity contribution is 6.31. The Morgan fingerprint density at radius 3 is 2.81 bits per heavy atom. The fourth-order valence-corrected chi connectivity index (χ4v) is 3.18. The van der Waals surface area contributed by atoms with E-state index in [0.717, 1.165) is 17.9 Å². The highest BCUT2D eigenvalue weighted by atomic mass is 35.5. The zero-order valence-corrected chi connectivity index (χ0v) is 11.3. The standard InChI is InChI=1S/C12H18Cl2N2/c1-8(2)16-12(11(14)7-15-16)9-4-3-5-10(13)6-9/h7-10H,3-6H2,1-2H3. The fourth-order valence-electron chi connectivity index (χ4n) is 2.52. The largest absolute Gasteiger partial charge is 0.265 e. The predicted molar refractivity (Wildman–Crippen MR) is 68.5 cm³/mol. The maximum atomic E-state index is 6.24. The van der Waals surface area contributed by atoms with Gasteiger partial charge in [-0.1, -0.05) is 18.0 Å². The van der Waals surface area contributed by atoms with Crippen molar-refractivity contribution in [2.75, 3.05) is 0 Å². The van der Waals surface area contributed by atoms with Gasteiger partial charge in [0.2, 0.25) is 0 Å². The molecule has 1 aliphatic carbocycles. The third-order valence-corrected chi connectivity index (χ3v) is 3.96. The summed E-state index contributed by atoms with van der Waals surface area (Å²) >= 11 is 12.5. The van der Waals surface area contributed by atoms with Crippen molar-refractivity contribution in [2.24, 2.45) is 0 Å². The van der Waals surface area contributed by atoms with E-state index in [1.54, 1.807) is 6.20 Å². The van der Waals surface area contributed by atoms with E-state index in [-0.39, 0.29) is 0 Å². The summed E-state index contributed by atoms with van der Waals surface area (Å²) in [5.74, 6) is 0.480. The Labute approximate surface area is 107 Å². The van der Waals surface area contributed by atoms with E-state index in [4.69, 9.17) is 23.2 Å². The Kier molecular flexibility index (Phi) is 3.81. The summed E-state index contributed by atoms with van der Waals surface area (Å²) in [6.07, 6.45) is 6.29. The van der Waals surface area contributed by atoms with Gasteiger partial charge in [0, 0.05) is 17.3 Å². The van der Waals surface area contributed by atoms with Gasteiger partial charge in [0.25, 0.3) is 0 Å². The van der Waals surface area contributed by atoms with Gasteiger partial charge in [-0.05, 0) is 33.1 Å². The minimum absolute atomic E-state index is 0.297. The first-order valence-electron chi connectivity index (χ1n) is 5.96. The highest BCUT2D eigenvalue weighted by Crippen LogP contribution is 2.38. The molecule has 16 heavy (non-hydrogen) atoms. The van der Waals surface area contributed by atoms with Crippen molar-refractivity contribution >= 4 is 23.2 Å². The molecule has 1 heterocycles. The van der Waals surface area contributed by atoms with Crippen LogP contribution >= 0.6 is 23.2 Å². The second kappa shape index (κ2) is 4.97. The van der Waals surface area contributed by atoms with Crippen LogP contribution in [-0.2, 0) is 0 Å². The number of hydrogen-bond acceptors (Lipinski definition) is 1. The highest BCUT2D eigenvalue weighted by Gasteiger charge is 2.27. The van der Waals surface area contributed by atoms with Gasteiger partial charge < -0.3 is 0 Å². The van der Waals surface area contributed by atoms with Crippen molar-refractivity contribution in [1.29, 1.82) is 0 Å². The first-order chi connectivity index (χ1) is 7.59. The summed E-state index contributed by atoms with van der Waals surface area (Å²) in [5.41, 5.74) is 1.18. The number of aromatic nitrogens is 2. The quantitative estimate of drug-likeness (QED) is 0.722. The van der Waals surface area contributed by atoms with Gasteiger partial charge in [-0.2, -0.15) is 5.10 Å². The number of alkyl halides is 1. The van der Waals surface area contributed by atoms with Crippen LogP contribution < -0.4 is 0 Å². The molecule has 0 saturated heterocycles. The lowest BCUT2D eigenvalue weighted by Crippen LogP contribution is -2.18. The molecule has 2 rings (SSSR count). The minimum atomic E-state index is 0.297. The molecule has 0 radical (unpaired) electrons. The van der Waals surface area contributed by atoms with Crippen LogP contribution in [0.15, 0.2) is 6.20 Å². The molecule has 2 unspecified atom stereocenters. The zero-order valence-electron chi connectivity index (χ0n) is 9.79. The van der Waals surface area contributed by atoms with Crippen LogP contribution in [0.1, 0.15) is 57.2 Å². The third kappa shape index (κ3) is 2.38. The van der Waals surface area contributed by atoms with E-state index >= 15 is 0 Å². The molecule has 0 aromatic carbocycles. The molecule has 0 spiro atoms. The maximum absolute atomic E-state index is 6.24. The van der Waals surface area contributed by atoms with Crippen molar-refractivity contribution in [3.8, 4) is 0 Å². The van der Waals surface area contributed by atoms with Crippen LogP contribution in [0.3, 0.4) is 0 Å². The lowest BCUT2D eigenvalue weighted by atomic mass is 9.86. The Balaban J connectivity index is 2.27. The van der Waals surface area contributed by atoms with Crippen LogP contribution in [0.5, 0.6) is 0 Å². The summed E-state index contributed by atoms with van der Waals surface area (Å²) in [5, 5.41) is 5.45. The number of nitrogens with zero attached hydrogens (tertiary/aromatic N) is 2. The van der Waals surface area contributed by atoms with Crippen molar-refractivity contribution in [2.45, 2.75) is 56.9 Å². The van der Waals surface area contributed by atoms with Crippen LogP contribution in [-0.4, -0.2) is 15.2 Å². The van der Waals surface area contributed by atoms with Crippen molar-refractivity contribution in [1.82, 2.24) is 9.78 Å². The predicted octanol–water partition coefficient (Wildman–Crippen LogP) is 4.38. The number of halogens is 2. The minimum Gasteiger partial charge on any atom is -0.265 e. The van der Waals surface area contributed by atoms with Gasteiger partial charge in [0.15, 0.2) is 0 Å². The molecule has 2 nitrogen and oxygen atoms in total. The molecule has 1 aliphatic rings. The van der Waals surface area contributed by atoms with Gasteiger partial charge in [0.1, 0.15) is 0 Å². The SMILES string of the molecule is CC(C)n1ncc(Cl)c1C1CCCC(Cl)C1. The smallest absolute Gasteiger partial charge is 0.0820 e. The van der Waals surface area contributed by atoms with E-state index in [2.05, 4.69) is 18.9 Å². The van der Waals surface area contributed by atoms with Crippen molar-refractivity contribution in [3.63, 3.8) is 0 Å². The molecule has 0 aliphatic heterocycles. The molecular weight excluding hydrogens is 243 g/mol. The molecule has 0 bridgehead atoms. The summed E-state index contributed by atoms with van der Waals surface area (Å²) in [6.45, 7) is 4.27. The van der Waals surface area contributed by atoms with Gasteiger partial charge >= 0.3 is 0 Å². The van der Waals surface area contributed by atoms with Gasteiger partial charge in [0.05, 0.1) is 16.9 Å². The van der Waals surface area contributed by atoms with Gasteiger partial charge in [-0.25, -0.2) is 0 Å². The molecule has 1 aromatic rings. The van der Waals surface area contributed by atoms with E-state index in [9.17, 15) is 0 Å². The molecule has 4 heteroatoms. The molecule has 0 amide bonds. The Morgan fingerprint density at radius 1 is 1.44 bits per heavy atom. The second-order valence-corrected chi connectivity index (χ2v) is 5.90. The lowest BCUT2D eigenvalue weighted by molar-refractivity contribution is 0.405. The summed E-state index contributed by atoms with van der Waals surface area (Å²) in [7, 11) is 0. The third-order valence-electron chi connectivity index (χ3n) is 3.27. The second-order valence-electron chi connectivity index (χ2n) is 4.88. The molecule has 1 saturated carbocycles. The van der Waals surface area contributed by atoms with E-state index in [1.807, 2.05) is 4.68 Å². The van der Waals surface area contributed by atoms with Crippen LogP contribution in [0.25, 0.3) is 0 Å².